The molecule has 162 valence electrons. The smallest absolute Gasteiger partial charge is 0.311 e. The van der Waals surface area contributed by atoms with Crippen LogP contribution in [0.4, 0.5) is 0 Å². The van der Waals surface area contributed by atoms with Crippen molar-refractivity contribution < 1.29 is 14.6 Å². The minimum absolute atomic E-state index is 0.250. The molecule has 0 aliphatic heterocycles. The molecule has 6 heteroatoms. The van der Waals surface area contributed by atoms with Crippen LogP contribution in [0, 0.1) is 0 Å². The van der Waals surface area contributed by atoms with Gasteiger partial charge in [0.25, 0.3) is 0 Å². The van der Waals surface area contributed by atoms with Crippen molar-refractivity contribution in [3.63, 3.8) is 0 Å². The number of nitrogens with zero attached hydrogens (tertiary/aromatic N) is 2. The van der Waals surface area contributed by atoms with Crippen molar-refractivity contribution in [1.29, 1.82) is 0 Å². The van der Waals surface area contributed by atoms with Crippen LogP contribution in [0.5, 0.6) is 5.75 Å². The molecule has 1 heterocycles. The first-order valence-corrected chi connectivity index (χ1v) is 10.8. The van der Waals surface area contributed by atoms with Gasteiger partial charge < -0.3 is 9.84 Å². The fraction of sp³-hybridized carbons (Fsp3) is 0.154. The lowest BCUT2D eigenvalue weighted by atomic mass is 9.94. The first kappa shape index (κ1) is 21.7. The lowest BCUT2D eigenvalue weighted by Crippen LogP contribution is -2.15. The van der Waals surface area contributed by atoms with E-state index in [0.717, 1.165) is 22.7 Å². The summed E-state index contributed by atoms with van der Waals surface area (Å²) in [5, 5.41) is 15.2. The number of carboxylic acids is 1. The summed E-state index contributed by atoms with van der Waals surface area (Å²) >= 11 is 6.10. The topological polar surface area (TPSA) is 64.4 Å². The van der Waals surface area contributed by atoms with Gasteiger partial charge in [0.2, 0.25) is 0 Å². The van der Waals surface area contributed by atoms with E-state index in [1.807, 2.05) is 72.3 Å². The Morgan fingerprint density at radius 3 is 2.44 bits per heavy atom. The van der Waals surface area contributed by atoms with Crippen LogP contribution < -0.4 is 4.74 Å². The largest absolute Gasteiger partial charge is 0.494 e. The third-order valence-corrected chi connectivity index (χ3v) is 5.42. The number of carboxylic acid groups (broad SMARTS) is 1. The van der Waals surface area contributed by atoms with Crippen molar-refractivity contribution in [3.05, 3.63) is 101 Å². The molecule has 1 aromatic heterocycles. The second kappa shape index (κ2) is 9.71. The molecule has 0 aliphatic rings. The third-order valence-electron chi connectivity index (χ3n) is 5.18. The number of aliphatic carboxylic acids is 1. The van der Waals surface area contributed by atoms with E-state index in [2.05, 4.69) is 0 Å². The van der Waals surface area contributed by atoms with Crippen LogP contribution in [-0.4, -0.2) is 27.5 Å². The quantitative estimate of drug-likeness (QED) is 0.360. The molecule has 3 aromatic carbocycles. The second-order valence-electron chi connectivity index (χ2n) is 7.38. The molecular weight excluding hydrogens is 424 g/mol. The van der Waals surface area contributed by atoms with Gasteiger partial charge in [0, 0.05) is 17.0 Å². The molecule has 0 fully saturated rings. The van der Waals surface area contributed by atoms with Crippen LogP contribution in [0.2, 0.25) is 5.02 Å². The van der Waals surface area contributed by atoms with Crippen molar-refractivity contribution in [3.8, 4) is 22.7 Å². The summed E-state index contributed by atoms with van der Waals surface area (Å²) < 4.78 is 7.39. The lowest BCUT2D eigenvalue weighted by molar-refractivity contribution is -0.138. The number of ether oxygens (including phenoxy) is 1. The van der Waals surface area contributed by atoms with Gasteiger partial charge in [-0.25, -0.2) is 4.68 Å². The van der Waals surface area contributed by atoms with Gasteiger partial charge in [-0.3, -0.25) is 4.79 Å². The predicted molar refractivity (Wildman–Crippen MR) is 126 cm³/mol. The minimum atomic E-state index is -0.913. The van der Waals surface area contributed by atoms with Crippen LogP contribution in [0.1, 0.15) is 24.1 Å². The maximum Gasteiger partial charge on any atom is 0.311 e. The number of benzene rings is 3. The maximum atomic E-state index is 12.1. The van der Waals surface area contributed by atoms with Gasteiger partial charge in [-0.15, -0.1) is 0 Å². The Balaban J connectivity index is 1.74. The summed E-state index contributed by atoms with van der Waals surface area (Å²) in [5.74, 6) is -0.873. The molecule has 32 heavy (non-hydrogen) atoms. The minimum Gasteiger partial charge on any atom is -0.494 e. The molecule has 0 bridgehead atoms. The Morgan fingerprint density at radius 2 is 1.78 bits per heavy atom. The zero-order chi connectivity index (χ0) is 22.5. The third kappa shape index (κ3) is 4.84. The monoisotopic (exact) mass is 446 g/mol. The van der Waals surface area contributed by atoms with Gasteiger partial charge in [0.1, 0.15) is 5.75 Å². The van der Waals surface area contributed by atoms with Crippen molar-refractivity contribution in [1.82, 2.24) is 9.78 Å². The first-order chi connectivity index (χ1) is 15.5. The van der Waals surface area contributed by atoms with E-state index in [-0.39, 0.29) is 6.42 Å². The van der Waals surface area contributed by atoms with Crippen molar-refractivity contribution in [2.75, 3.05) is 6.61 Å². The highest BCUT2D eigenvalue weighted by Crippen LogP contribution is 2.29. The van der Waals surface area contributed by atoms with E-state index in [1.165, 1.54) is 0 Å². The molecule has 0 aliphatic carbocycles. The maximum absolute atomic E-state index is 12.1. The second-order valence-corrected chi connectivity index (χ2v) is 7.81. The number of aromatic nitrogens is 2. The van der Waals surface area contributed by atoms with Crippen LogP contribution in [0.25, 0.3) is 16.9 Å². The fourth-order valence-electron chi connectivity index (χ4n) is 3.67. The Labute approximate surface area is 191 Å². The molecule has 0 radical (unpaired) electrons. The van der Waals surface area contributed by atoms with Crippen molar-refractivity contribution >= 4 is 17.6 Å². The van der Waals surface area contributed by atoms with E-state index < -0.39 is 11.9 Å². The summed E-state index contributed by atoms with van der Waals surface area (Å²) in [5.41, 5.74) is 4.09. The van der Waals surface area contributed by atoms with Gasteiger partial charge in [-0.2, -0.15) is 5.10 Å². The number of rotatable bonds is 8. The van der Waals surface area contributed by atoms with Gasteiger partial charge in [-0.05, 0) is 55.0 Å². The molecule has 4 aromatic rings. The highest BCUT2D eigenvalue weighted by molar-refractivity contribution is 6.30. The number of carbonyl (C=O) groups is 1. The summed E-state index contributed by atoms with van der Waals surface area (Å²) in [6, 6.07) is 26.5. The van der Waals surface area contributed by atoms with Gasteiger partial charge >= 0.3 is 5.97 Å². The normalized spacial score (nSPS) is 11.8. The Morgan fingerprint density at radius 1 is 1.03 bits per heavy atom. The summed E-state index contributed by atoms with van der Waals surface area (Å²) in [6.07, 6.45) is 0.250. The number of hydrogen-bond donors (Lipinski definition) is 1. The van der Waals surface area contributed by atoms with Crippen molar-refractivity contribution in [2.45, 2.75) is 19.3 Å². The average Bonchev–Trinajstić information content (AvgIpc) is 3.23. The summed E-state index contributed by atoms with van der Waals surface area (Å²) in [4.78, 5) is 12.1. The molecule has 1 atom stereocenters. The van der Waals surface area contributed by atoms with Crippen LogP contribution in [-0.2, 0) is 11.2 Å². The van der Waals surface area contributed by atoms with Crippen LogP contribution in [0.15, 0.2) is 84.9 Å². The van der Waals surface area contributed by atoms with Gasteiger partial charge in [0.05, 0.1) is 29.6 Å². The van der Waals surface area contributed by atoms with Crippen molar-refractivity contribution in [2.24, 2.45) is 0 Å². The SMILES string of the molecule is CCOc1ccc(-n2nc(CC(C(=O)O)c3cccc(Cl)c3)cc2-c2ccccc2)cc1. The lowest BCUT2D eigenvalue weighted by Gasteiger charge is -2.11. The van der Waals surface area contributed by atoms with E-state index in [9.17, 15) is 9.90 Å². The first-order valence-electron chi connectivity index (χ1n) is 10.4. The van der Waals surface area contributed by atoms with Gasteiger partial charge in [-0.1, -0.05) is 54.1 Å². The standard InChI is InChI=1S/C26H23ClN2O3/c1-2-32-23-13-11-22(12-14-23)29-25(18-7-4-3-5-8-18)17-21(28-29)16-24(26(30)31)19-9-6-10-20(27)15-19/h3-15,17,24H,2,16H2,1H3,(H,30,31). The highest BCUT2D eigenvalue weighted by Gasteiger charge is 2.23. The van der Waals surface area contributed by atoms with Gasteiger partial charge in [0.15, 0.2) is 0 Å². The molecule has 0 amide bonds. The zero-order valence-corrected chi connectivity index (χ0v) is 18.4. The zero-order valence-electron chi connectivity index (χ0n) is 17.6. The Bertz CT molecular complexity index is 1200. The van der Waals surface area contributed by atoms with Crippen LogP contribution >= 0.6 is 11.6 Å². The highest BCUT2D eigenvalue weighted by atomic mass is 35.5. The molecular formula is C26H23ClN2O3. The molecule has 0 spiro atoms. The molecule has 1 N–H and O–H groups in total. The van der Waals surface area contributed by atoms with E-state index >= 15 is 0 Å². The fourth-order valence-corrected chi connectivity index (χ4v) is 3.87. The number of halogens is 1. The predicted octanol–water partition coefficient (Wildman–Crippen LogP) is 6.00. The summed E-state index contributed by atoms with van der Waals surface area (Å²) in [6.45, 7) is 2.54. The Kier molecular flexibility index (Phi) is 6.57. The molecule has 5 nitrogen and oxygen atoms in total. The molecule has 1 unspecified atom stereocenters. The van der Waals surface area contributed by atoms with E-state index in [1.54, 1.807) is 24.3 Å². The molecule has 0 saturated carbocycles. The number of hydrogen-bond acceptors (Lipinski definition) is 3. The van der Waals surface area contributed by atoms with E-state index in [0.29, 0.717) is 22.9 Å². The van der Waals surface area contributed by atoms with E-state index in [4.69, 9.17) is 21.4 Å². The Hall–Kier alpha value is -3.57. The summed E-state index contributed by atoms with van der Waals surface area (Å²) in [7, 11) is 0. The molecule has 4 rings (SSSR count). The molecule has 0 saturated heterocycles. The average molecular weight is 447 g/mol. The van der Waals surface area contributed by atoms with Crippen LogP contribution in [0.3, 0.4) is 0 Å².